The summed E-state index contributed by atoms with van der Waals surface area (Å²) in [6, 6.07) is 9.90. The molecule has 0 fully saturated rings. The first-order valence-corrected chi connectivity index (χ1v) is 7.48. The van der Waals surface area contributed by atoms with Crippen LogP contribution < -0.4 is 10.5 Å². The first-order chi connectivity index (χ1) is 11.3. The average Bonchev–Trinajstić information content (AvgIpc) is 3.02. The number of ether oxygens (including phenoxy) is 1. The number of anilines is 1. The predicted octanol–water partition coefficient (Wildman–Crippen LogP) is 4.41. The van der Waals surface area contributed by atoms with Gasteiger partial charge in [0.2, 0.25) is 0 Å². The van der Waals surface area contributed by atoms with Crippen LogP contribution >= 0.6 is 0 Å². The third-order valence-electron chi connectivity index (χ3n) is 4.33. The zero-order valence-electron chi connectivity index (χ0n) is 12.9. The number of hydrogen-bond donors (Lipinski definition) is 1. The molecular formula is C18H15F3N2O. The lowest BCUT2D eigenvalue weighted by Crippen LogP contribution is -2.17. The minimum atomic E-state index is -4.27. The average molecular weight is 332 g/mol. The Morgan fingerprint density at radius 3 is 2.50 bits per heavy atom. The van der Waals surface area contributed by atoms with Crippen LogP contribution in [0.4, 0.5) is 18.9 Å². The summed E-state index contributed by atoms with van der Waals surface area (Å²) in [6.45, 7) is 1.60. The molecule has 24 heavy (non-hydrogen) atoms. The monoisotopic (exact) mass is 332 g/mol. The normalized spacial score (nSPS) is 14.6. The molecular weight excluding hydrogens is 317 g/mol. The Morgan fingerprint density at radius 1 is 1.25 bits per heavy atom. The van der Waals surface area contributed by atoms with Gasteiger partial charge in [-0.15, -0.1) is 0 Å². The molecule has 3 rings (SSSR count). The molecule has 124 valence electrons. The second-order valence-corrected chi connectivity index (χ2v) is 5.79. The van der Waals surface area contributed by atoms with Gasteiger partial charge in [-0.2, -0.15) is 18.4 Å². The van der Waals surface area contributed by atoms with Gasteiger partial charge >= 0.3 is 6.18 Å². The van der Waals surface area contributed by atoms with E-state index < -0.39 is 12.1 Å². The summed E-state index contributed by atoms with van der Waals surface area (Å²) in [5, 5.41) is 9.23. The molecule has 2 aromatic carbocycles. The predicted molar refractivity (Wildman–Crippen MR) is 84.7 cm³/mol. The molecule has 0 aliphatic carbocycles. The van der Waals surface area contributed by atoms with Crippen molar-refractivity contribution in [3.8, 4) is 22.9 Å². The van der Waals surface area contributed by atoms with Crippen LogP contribution in [0.1, 0.15) is 29.5 Å². The van der Waals surface area contributed by atoms with Gasteiger partial charge in [-0.25, -0.2) is 0 Å². The quantitative estimate of drug-likeness (QED) is 0.829. The summed E-state index contributed by atoms with van der Waals surface area (Å²) < 4.78 is 44.0. The maximum atomic E-state index is 12.8. The number of nitrogen functional groups attached to an aromatic ring is 1. The largest absolute Gasteiger partial charge is 0.492 e. The third kappa shape index (κ3) is 2.67. The Hall–Kier alpha value is -2.68. The summed E-state index contributed by atoms with van der Waals surface area (Å²) >= 11 is 0. The number of benzene rings is 2. The van der Waals surface area contributed by atoms with Crippen LogP contribution in [0, 0.1) is 11.3 Å². The Morgan fingerprint density at radius 2 is 1.92 bits per heavy atom. The highest BCUT2D eigenvalue weighted by molar-refractivity contribution is 5.80. The van der Waals surface area contributed by atoms with Crippen molar-refractivity contribution in [1.82, 2.24) is 0 Å². The topological polar surface area (TPSA) is 59.0 Å². The molecule has 0 saturated carbocycles. The van der Waals surface area contributed by atoms with Crippen molar-refractivity contribution in [3.05, 3.63) is 47.0 Å². The van der Waals surface area contributed by atoms with E-state index in [1.807, 2.05) is 0 Å². The van der Waals surface area contributed by atoms with E-state index >= 15 is 0 Å². The lowest BCUT2D eigenvalue weighted by Gasteiger charge is -2.17. The zero-order chi connectivity index (χ0) is 17.5. The second kappa shape index (κ2) is 5.75. The van der Waals surface area contributed by atoms with Crippen LogP contribution in [0.15, 0.2) is 30.3 Å². The lowest BCUT2D eigenvalue weighted by atomic mass is 9.93. The summed E-state index contributed by atoms with van der Waals surface area (Å²) in [6.07, 6.45) is -3.68. The highest BCUT2D eigenvalue weighted by atomic mass is 19.4. The number of rotatable bonds is 2. The van der Waals surface area contributed by atoms with E-state index in [0.717, 1.165) is 12.5 Å². The fourth-order valence-electron chi connectivity index (χ4n) is 2.89. The van der Waals surface area contributed by atoms with Crippen molar-refractivity contribution in [3.63, 3.8) is 0 Å². The molecule has 1 atom stereocenters. The van der Waals surface area contributed by atoms with Gasteiger partial charge in [-0.05, 0) is 24.1 Å². The van der Waals surface area contributed by atoms with Crippen molar-refractivity contribution in [1.29, 1.82) is 5.26 Å². The molecule has 0 spiro atoms. The van der Waals surface area contributed by atoms with Crippen LogP contribution in [0.5, 0.6) is 5.75 Å². The Balaban J connectivity index is 2.04. The number of alkyl halides is 3. The fraction of sp³-hybridized carbons (Fsp3) is 0.278. The van der Waals surface area contributed by atoms with Crippen molar-refractivity contribution in [2.75, 3.05) is 12.3 Å². The van der Waals surface area contributed by atoms with E-state index in [-0.39, 0.29) is 5.56 Å². The van der Waals surface area contributed by atoms with Crippen LogP contribution in [0.25, 0.3) is 11.1 Å². The molecule has 6 heteroatoms. The third-order valence-corrected chi connectivity index (χ3v) is 4.33. The molecule has 1 heterocycles. The molecule has 1 aliphatic rings. The first kappa shape index (κ1) is 16.2. The van der Waals surface area contributed by atoms with E-state index in [1.54, 1.807) is 18.2 Å². The van der Waals surface area contributed by atoms with Crippen LogP contribution in [-0.4, -0.2) is 12.8 Å². The Bertz CT molecular complexity index is 820. The van der Waals surface area contributed by atoms with Gasteiger partial charge in [0.1, 0.15) is 11.8 Å². The highest BCUT2D eigenvalue weighted by Gasteiger charge is 2.36. The minimum absolute atomic E-state index is 0.199. The van der Waals surface area contributed by atoms with Gasteiger partial charge in [0, 0.05) is 17.5 Å². The second-order valence-electron chi connectivity index (χ2n) is 5.79. The lowest BCUT2D eigenvalue weighted by molar-refractivity contribution is -0.146. The van der Waals surface area contributed by atoms with Crippen molar-refractivity contribution < 1.29 is 17.9 Å². The summed E-state index contributed by atoms with van der Waals surface area (Å²) in [5.41, 5.74) is 9.09. The molecule has 0 unspecified atom stereocenters. The van der Waals surface area contributed by atoms with Gasteiger partial charge in [0.25, 0.3) is 0 Å². The number of fused-ring (bicyclic) bond motifs is 1. The van der Waals surface area contributed by atoms with E-state index in [1.165, 1.54) is 12.1 Å². The van der Waals surface area contributed by atoms with Gasteiger partial charge in [-0.3, -0.25) is 0 Å². The Kier molecular flexibility index (Phi) is 3.88. The van der Waals surface area contributed by atoms with Gasteiger partial charge < -0.3 is 10.5 Å². The van der Waals surface area contributed by atoms with Crippen molar-refractivity contribution in [2.24, 2.45) is 0 Å². The smallest absolute Gasteiger partial charge is 0.395 e. The van der Waals surface area contributed by atoms with Crippen LogP contribution in [-0.2, 0) is 6.42 Å². The van der Waals surface area contributed by atoms with Gasteiger partial charge in [-0.1, -0.05) is 24.3 Å². The van der Waals surface area contributed by atoms with Gasteiger partial charge in [0.15, 0.2) is 0 Å². The fourth-order valence-corrected chi connectivity index (χ4v) is 2.89. The molecule has 2 N–H and O–H groups in total. The number of halogens is 3. The molecule has 1 aliphatic heterocycles. The van der Waals surface area contributed by atoms with E-state index in [2.05, 4.69) is 6.07 Å². The minimum Gasteiger partial charge on any atom is -0.492 e. The maximum absolute atomic E-state index is 12.8. The van der Waals surface area contributed by atoms with Crippen LogP contribution in [0.3, 0.4) is 0 Å². The molecule has 3 nitrogen and oxygen atoms in total. The standard InChI is InChI=1S/C18H15F3N2O/c1-10(18(19,20)21)11-2-4-12(5-3-11)14-8-16(23)15(9-22)13-6-7-24-17(13)14/h2-5,8,10H,6-7,23H2,1H3/t10-/m0/s1. The van der Waals surface area contributed by atoms with Crippen LogP contribution in [0.2, 0.25) is 0 Å². The number of nitrogens with two attached hydrogens (primary N) is 1. The SMILES string of the molecule is C[C@@H](c1ccc(-c2cc(N)c(C#N)c3c2OCC3)cc1)C(F)(F)F. The van der Waals surface area contributed by atoms with Gasteiger partial charge in [0.05, 0.1) is 23.8 Å². The summed E-state index contributed by atoms with van der Waals surface area (Å²) in [4.78, 5) is 0. The first-order valence-electron chi connectivity index (χ1n) is 7.48. The molecule has 0 aromatic heterocycles. The molecule has 0 saturated heterocycles. The van der Waals surface area contributed by atoms with Crippen molar-refractivity contribution >= 4 is 5.69 Å². The number of hydrogen-bond acceptors (Lipinski definition) is 3. The van der Waals surface area contributed by atoms with E-state index in [9.17, 15) is 18.4 Å². The maximum Gasteiger partial charge on any atom is 0.395 e. The number of nitrogens with zero attached hydrogens (tertiary/aromatic N) is 1. The molecule has 0 amide bonds. The molecule has 0 radical (unpaired) electrons. The highest BCUT2D eigenvalue weighted by Crippen LogP contribution is 2.42. The molecule has 2 aromatic rings. The summed E-state index contributed by atoms with van der Waals surface area (Å²) in [7, 11) is 0. The van der Waals surface area contributed by atoms with E-state index in [0.29, 0.717) is 41.2 Å². The van der Waals surface area contributed by atoms with E-state index in [4.69, 9.17) is 10.5 Å². The molecule has 0 bridgehead atoms. The summed E-state index contributed by atoms with van der Waals surface area (Å²) in [5.74, 6) is -0.933. The zero-order valence-corrected chi connectivity index (χ0v) is 12.9. The van der Waals surface area contributed by atoms with Crippen molar-refractivity contribution in [2.45, 2.75) is 25.4 Å². The Labute approximate surface area is 137 Å². The number of nitriles is 1.